The molecule has 1 aromatic heterocycles. The number of thioether (sulfide) groups is 1. The number of fused-ring (bicyclic) bond motifs is 6. The van der Waals surface area contributed by atoms with Crippen LogP contribution in [0.1, 0.15) is 74.6 Å². The number of hydrogen-bond donors (Lipinski definition) is 3. The molecule has 48 heavy (non-hydrogen) atoms. The van der Waals surface area contributed by atoms with Gasteiger partial charge in [-0.1, -0.05) is 58.0 Å². The molecule has 0 spiro atoms. The third-order valence-corrected chi connectivity index (χ3v) is 11.3. The minimum Gasteiger partial charge on any atom is -0.474 e. The molecule has 1 saturated heterocycles. The molecule has 1 fully saturated rings. The van der Waals surface area contributed by atoms with Crippen LogP contribution in [-0.2, 0) is 25.5 Å². The fourth-order valence-electron chi connectivity index (χ4n) is 6.48. The number of hydrogen-bond acceptors (Lipinski definition) is 10. The van der Waals surface area contributed by atoms with Crippen molar-refractivity contribution in [1.29, 1.82) is 0 Å². The lowest BCUT2D eigenvalue weighted by molar-refractivity contribution is -0.138. The second-order valence-corrected chi connectivity index (χ2v) is 15.4. The maximum absolute atomic E-state index is 14.1. The Balaban J connectivity index is 1.37. The average molecular weight is 694 g/mol. The molecule has 1 aromatic carbocycles. The Bertz CT molecular complexity index is 1610. The fourth-order valence-corrected chi connectivity index (χ4v) is 8.69. The van der Waals surface area contributed by atoms with Crippen LogP contribution in [0.2, 0.25) is 0 Å². The van der Waals surface area contributed by atoms with Crippen LogP contribution >= 0.6 is 23.1 Å². The molecule has 6 bridgehead atoms. The second kappa shape index (κ2) is 14.4. The Kier molecular flexibility index (Phi) is 10.2. The van der Waals surface area contributed by atoms with Crippen molar-refractivity contribution >= 4 is 57.7 Å². The monoisotopic (exact) mass is 693 g/mol. The number of benzene rings is 1. The SMILES string of the molecule is CC(C)C1NC(=O)[C@@H]2CSC(=N2)[C@@H]2CCCN2C(=O)[C@H](C(C)C)NC(=O)[C@H]2N=C(O[C@@H]2C)[C@@H](Cc2ccccc2)NC(=O)c2csc1n2. The van der Waals surface area contributed by atoms with E-state index in [1.54, 1.807) is 12.3 Å². The van der Waals surface area contributed by atoms with Crippen molar-refractivity contribution in [3.63, 3.8) is 0 Å². The van der Waals surface area contributed by atoms with E-state index in [2.05, 4.69) is 20.9 Å². The Morgan fingerprint density at radius 1 is 0.958 bits per heavy atom. The lowest BCUT2D eigenvalue weighted by atomic mass is 10.0. The first-order valence-electron chi connectivity index (χ1n) is 16.7. The van der Waals surface area contributed by atoms with Gasteiger partial charge in [-0.05, 0) is 37.2 Å². The zero-order chi connectivity index (χ0) is 34.1. The van der Waals surface area contributed by atoms with Crippen LogP contribution in [0.4, 0.5) is 0 Å². The zero-order valence-corrected chi connectivity index (χ0v) is 29.5. The van der Waals surface area contributed by atoms with E-state index in [1.807, 2.05) is 62.9 Å². The van der Waals surface area contributed by atoms with Crippen molar-refractivity contribution in [3.05, 3.63) is 52.0 Å². The molecule has 2 aromatic rings. The highest BCUT2D eigenvalue weighted by atomic mass is 32.2. The van der Waals surface area contributed by atoms with Crippen molar-refractivity contribution in [3.8, 4) is 0 Å². The van der Waals surface area contributed by atoms with Crippen molar-refractivity contribution in [2.75, 3.05) is 12.3 Å². The summed E-state index contributed by atoms with van der Waals surface area (Å²) in [6, 6.07) is 6.01. The van der Waals surface area contributed by atoms with Crippen LogP contribution in [0, 0.1) is 11.8 Å². The first-order valence-corrected chi connectivity index (χ1v) is 18.5. The molecule has 0 aliphatic carbocycles. The van der Waals surface area contributed by atoms with Gasteiger partial charge in [0.15, 0.2) is 6.04 Å². The number of nitrogens with zero attached hydrogens (tertiary/aromatic N) is 4. The number of carbonyl (C=O) groups is 4. The number of aromatic nitrogens is 1. The van der Waals surface area contributed by atoms with Gasteiger partial charge in [-0.2, -0.15) is 0 Å². The van der Waals surface area contributed by atoms with Gasteiger partial charge in [-0.25, -0.2) is 9.98 Å². The minimum atomic E-state index is -0.905. The van der Waals surface area contributed by atoms with Gasteiger partial charge >= 0.3 is 0 Å². The Morgan fingerprint density at radius 2 is 1.69 bits per heavy atom. The summed E-state index contributed by atoms with van der Waals surface area (Å²) in [6.45, 7) is 10.1. The fraction of sp³-hybridized carbons (Fsp3) is 0.559. The quantitative estimate of drug-likeness (QED) is 0.445. The van der Waals surface area contributed by atoms with E-state index in [0.29, 0.717) is 23.7 Å². The minimum absolute atomic E-state index is 0.00145. The van der Waals surface area contributed by atoms with Crippen LogP contribution < -0.4 is 16.0 Å². The molecule has 4 aliphatic heterocycles. The summed E-state index contributed by atoms with van der Waals surface area (Å²) in [4.78, 5) is 71.0. The van der Waals surface area contributed by atoms with E-state index in [1.165, 1.54) is 23.1 Å². The Hall–Kier alpha value is -3.78. The normalized spacial score (nSPS) is 29.8. The van der Waals surface area contributed by atoms with Gasteiger partial charge in [0, 0.05) is 24.1 Å². The molecule has 256 valence electrons. The molecule has 5 heterocycles. The smallest absolute Gasteiger partial charge is 0.271 e. The standard InChI is InChI=1S/C34H43N7O5S2/c1-17(2)25-33-37-22(16-48-33)28(42)35-21(14-20-10-7-6-8-11-20)31-40-27(19(5)46-31)30(44)39-26(18(3)4)34(45)41-13-9-12-24(41)32-36-23(15-47-32)29(43)38-25/h6-8,10-11,16-19,21,23-27H,9,12-15H2,1-5H3,(H,35,42)(H,38,43)(H,39,44)/t19-,21-,23+,24+,25?,26+,27+/m1/s1. The highest BCUT2D eigenvalue weighted by Crippen LogP contribution is 2.32. The van der Waals surface area contributed by atoms with Gasteiger partial charge in [0.2, 0.25) is 23.6 Å². The number of amides is 4. The van der Waals surface area contributed by atoms with E-state index in [4.69, 9.17) is 14.7 Å². The lowest BCUT2D eigenvalue weighted by Gasteiger charge is -2.31. The molecule has 1 unspecified atom stereocenters. The summed E-state index contributed by atoms with van der Waals surface area (Å²) in [7, 11) is 0. The lowest BCUT2D eigenvalue weighted by Crippen LogP contribution is -2.55. The predicted molar refractivity (Wildman–Crippen MR) is 186 cm³/mol. The first kappa shape index (κ1) is 34.1. The van der Waals surface area contributed by atoms with Crippen LogP contribution in [0.25, 0.3) is 0 Å². The molecular weight excluding hydrogens is 651 g/mol. The van der Waals surface area contributed by atoms with Crippen molar-refractivity contribution in [1.82, 2.24) is 25.8 Å². The molecule has 12 nitrogen and oxygen atoms in total. The molecule has 0 saturated carbocycles. The summed E-state index contributed by atoms with van der Waals surface area (Å²) in [5.74, 6) is -0.692. The Morgan fingerprint density at radius 3 is 2.42 bits per heavy atom. The summed E-state index contributed by atoms with van der Waals surface area (Å²) < 4.78 is 6.16. The summed E-state index contributed by atoms with van der Waals surface area (Å²) in [5, 5.41) is 12.2. The zero-order valence-electron chi connectivity index (χ0n) is 27.8. The van der Waals surface area contributed by atoms with Crippen molar-refractivity contribution < 1.29 is 23.9 Å². The number of thiazole rings is 1. The highest BCUT2D eigenvalue weighted by Gasteiger charge is 2.43. The van der Waals surface area contributed by atoms with Gasteiger partial charge in [-0.3, -0.25) is 24.2 Å². The number of rotatable bonds is 4. The number of carbonyl (C=O) groups excluding carboxylic acids is 4. The maximum Gasteiger partial charge on any atom is 0.271 e. The van der Waals surface area contributed by atoms with Gasteiger partial charge in [0.05, 0.1) is 17.1 Å². The highest BCUT2D eigenvalue weighted by molar-refractivity contribution is 8.14. The van der Waals surface area contributed by atoms with E-state index >= 15 is 0 Å². The van der Waals surface area contributed by atoms with E-state index in [0.717, 1.165) is 23.4 Å². The Labute approximate surface area is 289 Å². The molecule has 0 radical (unpaired) electrons. The second-order valence-electron chi connectivity index (χ2n) is 13.5. The first-order chi connectivity index (χ1) is 23.0. The molecule has 14 heteroatoms. The van der Waals surface area contributed by atoms with Gasteiger partial charge < -0.3 is 25.6 Å². The van der Waals surface area contributed by atoms with Gasteiger partial charge in [-0.15, -0.1) is 23.1 Å². The number of aliphatic imine (C=N–C) groups is 2. The topological polar surface area (TPSA) is 154 Å². The summed E-state index contributed by atoms with van der Waals surface area (Å²) in [5.41, 5.74) is 1.17. The van der Waals surface area contributed by atoms with Crippen molar-refractivity contribution in [2.45, 2.75) is 96.2 Å². The molecular formula is C34H43N7O5S2. The van der Waals surface area contributed by atoms with E-state index in [9.17, 15) is 19.2 Å². The average Bonchev–Trinajstić information content (AvgIpc) is 3.88. The maximum atomic E-state index is 14.1. The van der Waals surface area contributed by atoms with Gasteiger partial charge in [0.25, 0.3) is 5.91 Å². The van der Waals surface area contributed by atoms with Crippen LogP contribution in [0.3, 0.4) is 0 Å². The summed E-state index contributed by atoms with van der Waals surface area (Å²) in [6.07, 6.45) is 1.31. The third kappa shape index (κ3) is 7.14. The van der Waals surface area contributed by atoms with Crippen molar-refractivity contribution in [2.24, 2.45) is 21.8 Å². The molecule has 4 aliphatic rings. The number of nitrogens with one attached hydrogen (secondary N) is 3. The predicted octanol–water partition coefficient (Wildman–Crippen LogP) is 3.14. The van der Waals surface area contributed by atoms with Crippen LogP contribution in [0.5, 0.6) is 0 Å². The molecule has 7 atom stereocenters. The third-order valence-electron chi connectivity index (χ3n) is 9.18. The molecule has 4 amide bonds. The van der Waals surface area contributed by atoms with Crippen LogP contribution in [-0.4, -0.2) is 93.1 Å². The van der Waals surface area contributed by atoms with Gasteiger partial charge in [0.1, 0.15) is 34.9 Å². The summed E-state index contributed by atoms with van der Waals surface area (Å²) >= 11 is 2.82. The largest absolute Gasteiger partial charge is 0.474 e. The van der Waals surface area contributed by atoms with E-state index < -0.39 is 48.1 Å². The number of ether oxygens (including phenoxy) is 1. The molecule has 6 rings (SSSR count). The molecule has 3 N–H and O–H groups in total. The van der Waals surface area contributed by atoms with E-state index in [-0.39, 0.29) is 41.3 Å². The van der Waals surface area contributed by atoms with Crippen LogP contribution in [0.15, 0.2) is 45.7 Å².